The first-order valence-electron chi connectivity index (χ1n) is 9.63. The van der Waals surface area contributed by atoms with Crippen LogP contribution in [0.25, 0.3) is 0 Å². The van der Waals surface area contributed by atoms with Crippen molar-refractivity contribution in [3.05, 3.63) is 22.0 Å². The Morgan fingerprint density at radius 3 is 1.85 bits per heavy atom. The van der Waals surface area contributed by atoms with Gasteiger partial charge < -0.3 is 9.80 Å². The van der Waals surface area contributed by atoms with Crippen LogP contribution in [0.15, 0.2) is 41.9 Å². The number of nitrogens with zero attached hydrogens (tertiary/aromatic N) is 7. The van der Waals surface area contributed by atoms with Crippen molar-refractivity contribution in [3.63, 3.8) is 0 Å². The van der Waals surface area contributed by atoms with Gasteiger partial charge in [0.05, 0.1) is 10.1 Å². The Balaban J connectivity index is 1.58. The van der Waals surface area contributed by atoms with Crippen molar-refractivity contribution in [3.8, 4) is 0 Å². The summed E-state index contributed by atoms with van der Waals surface area (Å²) in [5.41, 5.74) is 0. The van der Waals surface area contributed by atoms with Gasteiger partial charge in [-0.05, 0) is 44.6 Å². The number of guanidine groups is 3. The molecule has 0 radical (unpaired) electrons. The minimum absolute atomic E-state index is 0.484. The van der Waals surface area contributed by atoms with Crippen LogP contribution in [0.3, 0.4) is 0 Å². The molecule has 0 atom stereocenters. The lowest BCUT2D eigenvalue weighted by atomic mass is 10.1. The molecule has 5 aliphatic heterocycles. The zero-order valence-corrected chi connectivity index (χ0v) is 16.5. The molecular formula is C18H21Cl2N7. The second-order valence-electron chi connectivity index (χ2n) is 7.27. The van der Waals surface area contributed by atoms with Crippen LogP contribution in [0.5, 0.6) is 0 Å². The first-order valence-corrected chi connectivity index (χ1v) is 10.4. The summed E-state index contributed by atoms with van der Waals surface area (Å²) in [5, 5.41) is 0.968. The third kappa shape index (κ3) is 3.06. The van der Waals surface area contributed by atoms with Gasteiger partial charge in [-0.2, -0.15) is 20.0 Å². The van der Waals surface area contributed by atoms with E-state index in [0.29, 0.717) is 39.6 Å². The van der Waals surface area contributed by atoms with Crippen LogP contribution in [-0.4, -0.2) is 64.6 Å². The van der Waals surface area contributed by atoms with Crippen LogP contribution in [-0.2, 0) is 0 Å². The number of likely N-dealkylation sites (tertiary alicyclic amines) is 2. The van der Waals surface area contributed by atoms with Gasteiger partial charge in [0.2, 0.25) is 17.9 Å². The molecule has 0 spiro atoms. The number of amidine groups is 1. The summed E-state index contributed by atoms with van der Waals surface area (Å²) >= 11 is 12.9. The lowest BCUT2D eigenvalue weighted by Crippen LogP contribution is -2.48. The Morgan fingerprint density at radius 1 is 0.667 bits per heavy atom. The van der Waals surface area contributed by atoms with E-state index in [1.165, 1.54) is 12.8 Å². The molecular weight excluding hydrogens is 385 g/mol. The number of hydrogen-bond acceptors (Lipinski definition) is 7. The topological polar surface area (TPSA) is 59.2 Å². The van der Waals surface area contributed by atoms with Gasteiger partial charge in [-0.3, -0.25) is 0 Å². The van der Waals surface area contributed by atoms with Crippen LogP contribution in [0.4, 0.5) is 0 Å². The van der Waals surface area contributed by atoms with E-state index >= 15 is 0 Å². The Hall–Kier alpha value is -1.86. The van der Waals surface area contributed by atoms with Crippen molar-refractivity contribution in [1.29, 1.82) is 0 Å². The third-order valence-corrected chi connectivity index (χ3v) is 5.95. The number of allylic oxidation sites excluding steroid dienone is 2. The second kappa shape index (κ2) is 6.95. The smallest absolute Gasteiger partial charge is 0.243 e. The summed E-state index contributed by atoms with van der Waals surface area (Å²) in [6.45, 7) is 3.84. The SMILES string of the molecule is ClC1=CC(Cl)=C2N=C(N3CCCCC3)N=C3N=C(N4CCCCC4)N=C1N32. The highest BCUT2D eigenvalue weighted by atomic mass is 35.5. The molecule has 0 aromatic heterocycles. The van der Waals surface area contributed by atoms with Gasteiger partial charge in [0.15, 0.2) is 11.7 Å². The largest absolute Gasteiger partial charge is 0.341 e. The maximum absolute atomic E-state index is 6.47. The Morgan fingerprint density at radius 2 is 1.22 bits per heavy atom. The van der Waals surface area contributed by atoms with Crippen molar-refractivity contribution in [1.82, 2.24) is 14.7 Å². The maximum atomic E-state index is 6.47. The van der Waals surface area contributed by atoms with Crippen LogP contribution in [0, 0.1) is 0 Å². The molecule has 2 saturated heterocycles. The van der Waals surface area contributed by atoms with Crippen LogP contribution in [0.2, 0.25) is 0 Å². The van der Waals surface area contributed by atoms with Gasteiger partial charge >= 0.3 is 0 Å². The van der Waals surface area contributed by atoms with E-state index in [1.807, 2.05) is 0 Å². The van der Waals surface area contributed by atoms with E-state index in [4.69, 9.17) is 43.2 Å². The molecule has 0 aromatic rings. The molecule has 142 valence electrons. The summed E-state index contributed by atoms with van der Waals surface area (Å²) in [6, 6.07) is 0. The molecule has 5 rings (SSSR count). The summed E-state index contributed by atoms with van der Waals surface area (Å²) in [7, 11) is 0. The van der Waals surface area contributed by atoms with Gasteiger partial charge in [0.1, 0.15) is 0 Å². The molecule has 27 heavy (non-hydrogen) atoms. The molecule has 0 amide bonds. The molecule has 0 saturated carbocycles. The minimum Gasteiger partial charge on any atom is -0.341 e. The molecule has 7 nitrogen and oxygen atoms in total. The van der Waals surface area contributed by atoms with Gasteiger partial charge in [0.25, 0.3) is 0 Å². The molecule has 5 aliphatic rings. The van der Waals surface area contributed by atoms with Crippen molar-refractivity contribution >= 4 is 46.9 Å². The van der Waals surface area contributed by atoms with Gasteiger partial charge in [-0.1, -0.05) is 23.2 Å². The zero-order chi connectivity index (χ0) is 18.4. The molecule has 0 aliphatic carbocycles. The molecule has 2 fully saturated rings. The molecule has 0 bridgehead atoms. The second-order valence-corrected chi connectivity index (χ2v) is 8.08. The van der Waals surface area contributed by atoms with E-state index < -0.39 is 0 Å². The summed E-state index contributed by atoms with van der Waals surface area (Å²) < 4.78 is 0. The van der Waals surface area contributed by atoms with Crippen LogP contribution in [0.1, 0.15) is 38.5 Å². The Bertz CT molecular complexity index is 840. The van der Waals surface area contributed by atoms with E-state index in [-0.39, 0.29) is 0 Å². The van der Waals surface area contributed by atoms with E-state index in [2.05, 4.69) is 9.80 Å². The van der Waals surface area contributed by atoms with E-state index in [1.54, 1.807) is 11.0 Å². The molecule has 5 heterocycles. The number of aliphatic imine (C=N–C) groups is 4. The Labute approximate surface area is 168 Å². The third-order valence-electron chi connectivity index (χ3n) is 5.39. The summed E-state index contributed by atoms with van der Waals surface area (Å²) in [6.07, 6.45) is 8.84. The number of rotatable bonds is 0. The van der Waals surface area contributed by atoms with Crippen molar-refractivity contribution in [2.24, 2.45) is 20.0 Å². The fourth-order valence-corrected chi connectivity index (χ4v) is 4.49. The summed E-state index contributed by atoms with van der Waals surface area (Å²) in [4.78, 5) is 25.2. The molecule has 0 aromatic carbocycles. The lowest BCUT2D eigenvalue weighted by molar-refractivity contribution is 0.335. The average Bonchev–Trinajstić information content (AvgIpc) is 2.72. The number of halogens is 2. The Kier molecular flexibility index (Phi) is 4.44. The quantitative estimate of drug-likeness (QED) is 0.620. The van der Waals surface area contributed by atoms with Crippen LogP contribution < -0.4 is 0 Å². The lowest BCUT2D eigenvalue weighted by Gasteiger charge is -2.37. The molecule has 0 N–H and O–H groups in total. The van der Waals surface area contributed by atoms with E-state index in [9.17, 15) is 0 Å². The highest BCUT2D eigenvalue weighted by Gasteiger charge is 2.38. The van der Waals surface area contributed by atoms with Gasteiger partial charge in [0, 0.05) is 26.2 Å². The highest BCUT2D eigenvalue weighted by Crippen LogP contribution is 2.33. The normalized spacial score (nSPS) is 25.4. The summed E-state index contributed by atoms with van der Waals surface area (Å²) in [5.74, 6) is 3.13. The number of piperidine rings is 2. The van der Waals surface area contributed by atoms with Crippen molar-refractivity contribution in [2.45, 2.75) is 38.5 Å². The van der Waals surface area contributed by atoms with Crippen molar-refractivity contribution < 1.29 is 0 Å². The molecule has 0 unspecified atom stereocenters. The predicted molar refractivity (Wildman–Crippen MR) is 109 cm³/mol. The van der Waals surface area contributed by atoms with Crippen molar-refractivity contribution in [2.75, 3.05) is 26.2 Å². The maximum Gasteiger partial charge on any atom is 0.243 e. The zero-order valence-electron chi connectivity index (χ0n) is 15.0. The standard InChI is InChI=1S/C18H21Cl2N7/c19-12-11-13(20)15-22-17(26-9-5-2-6-10-26)24-18-23-16(21-14(12)27(15)18)25-7-3-1-4-8-25/h11H,1-10H2. The molecule has 9 heteroatoms. The fourth-order valence-electron chi connectivity index (χ4n) is 3.96. The average molecular weight is 406 g/mol. The predicted octanol–water partition coefficient (Wildman–Crippen LogP) is 3.30. The fraction of sp³-hybridized carbons (Fsp3) is 0.556. The highest BCUT2D eigenvalue weighted by molar-refractivity contribution is 6.48. The van der Waals surface area contributed by atoms with Crippen LogP contribution >= 0.6 is 23.2 Å². The first kappa shape index (κ1) is 17.3. The minimum atomic E-state index is 0.484. The van der Waals surface area contributed by atoms with Gasteiger partial charge in [-0.25, -0.2) is 4.90 Å². The monoisotopic (exact) mass is 405 g/mol. The van der Waals surface area contributed by atoms with Gasteiger partial charge in [-0.15, -0.1) is 0 Å². The van der Waals surface area contributed by atoms with E-state index in [0.717, 1.165) is 51.9 Å². The number of hydrogen-bond donors (Lipinski definition) is 0. The first-order chi connectivity index (χ1) is 13.2.